The molecule has 0 aliphatic carbocycles. The Hall–Kier alpha value is -1.78. The van der Waals surface area contributed by atoms with Crippen LogP contribution in [0.2, 0.25) is 0 Å². The van der Waals surface area contributed by atoms with Crippen LogP contribution in [-0.4, -0.2) is 66.6 Å². The predicted molar refractivity (Wildman–Crippen MR) is 98.1 cm³/mol. The quantitative estimate of drug-likeness (QED) is 0.731. The lowest BCUT2D eigenvalue weighted by molar-refractivity contribution is -0.133. The number of hydrogen-bond acceptors (Lipinski definition) is 7. The summed E-state index contributed by atoms with van der Waals surface area (Å²) in [7, 11) is -1.95. The van der Waals surface area contributed by atoms with E-state index in [9.17, 15) is 13.2 Å². The van der Waals surface area contributed by atoms with Crippen molar-refractivity contribution >= 4 is 27.3 Å². The molecule has 26 heavy (non-hydrogen) atoms. The van der Waals surface area contributed by atoms with Crippen LogP contribution in [0.25, 0.3) is 11.4 Å². The molecule has 3 heterocycles. The molecule has 0 saturated carbocycles. The summed E-state index contributed by atoms with van der Waals surface area (Å²) in [6.45, 7) is 1.10. The Labute approximate surface area is 156 Å². The second kappa shape index (κ2) is 7.85. The van der Waals surface area contributed by atoms with Gasteiger partial charge in [-0.25, -0.2) is 8.42 Å². The summed E-state index contributed by atoms with van der Waals surface area (Å²) in [5, 5.41) is 7.94. The van der Waals surface area contributed by atoms with Crippen molar-refractivity contribution in [2.24, 2.45) is 5.92 Å². The Bertz CT molecular complexity index is 847. The summed E-state index contributed by atoms with van der Waals surface area (Å²) >= 11 is 1.58. The summed E-state index contributed by atoms with van der Waals surface area (Å²) < 4.78 is 29.4. The molecule has 2 aromatic heterocycles. The fraction of sp³-hybridized carbons (Fsp3) is 0.562. The van der Waals surface area contributed by atoms with E-state index >= 15 is 0 Å². The number of piperidine rings is 1. The number of amides is 1. The molecule has 1 atom stereocenters. The van der Waals surface area contributed by atoms with Crippen molar-refractivity contribution in [1.82, 2.24) is 19.3 Å². The monoisotopic (exact) mass is 398 g/mol. The zero-order chi connectivity index (χ0) is 18.7. The highest BCUT2D eigenvalue weighted by molar-refractivity contribution is 7.88. The third-order valence-corrected chi connectivity index (χ3v) is 6.45. The Morgan fingerprint density at radius 1 is 1.50 bits per heavy atom. The number of carbonyl (C=O) groups excluding carboxylic acids is 1. The minimum atomic E-state index is -3.36. The maximum atomic E-state index is 12.4. The molecule has 1 saturated heterocycles. The number of rotatable bonds is 6. The Kier molecular flexibility index (Phi) is 5.73. The molecule has 1 fully saturated rings. The van der Waals surface area contributed by atoms with Crippen LogP contribution >= 0.6 is 11.3 Å². The van der Waals surface area contributed by atoms with Crippen molar-refractivity contribution in [3.63, 3.8) is 0 Å². The van der Waals surface area contributed by atoms with Gasteiger partial charge in [0.25, 0.3) is 0 Å². The largest absolute Gasteiger partial charge is 0.341 e. The molecule has 2 aromatic rings. The molecule has 0 radical (unpaired) electrons. The maximum absolute atomic E-state index is 12.4. The van der Waals surface area contributed by atoms with Crippen LogP contribution in [0.15, 0.2) is 21.3 Å². The van der Waals surface area contributed by atoms with Crippen LogP contribution in [0.3, 0.4) is 0 Å². The highest BCUT2D eigenvalue weighted by Gasteiger charge is 2.27. The van der Waals surface area contributed by atoms with Crippen LogP contribution < -0.4 is 0 Å². The van der Waals surface area contributed by atoms with Gasteiger partial charge in [0.2, 0.25) is 27.6 Å². The Morgan fingerprint density at radius 2 is 2.31 bits per heavy atom. The molecule has 3 rings (SSSR count). The minimum Gasteiger partial charge on any atom is -0.341 e. The smallest absolute Gasteiger partial charge is 0.237 e. The van der Waals surface area contributed by atoms with E-state index < -0.39 is 10.0 Å². The van der Waals surface area contributed by atoms with Gasteiger partial charge in [0.1, 0.15) is 0 Å². The second-order valence-corrected chi connectivity index (χ2v) is 9.46. The van der Waals surface area contributed by atoms with Gasteiger partial charge in [-0.1, -0.05) is 5.16 Å². The van der Waals surface area contributed by atoms with Crippen molar-refractivity contribution < 1.29 is 17.7 Å². The van der Waals surface area contributed by atoms with E-state index in [2.05, 4.69) is 10.1 Å². The average molecular weight is 399 g/mol. The zero-order valence-electron chi connectivity index (χ0n) is 14.8. The normalized spacial score (nSPS) is 18.4. The van der Waals surface area contributed by atoms with Crippen molar-refractivity contribution in [2.75, 3.05) is 32.9 Å². The summed E-state index contributed by atoms with van der Waals surface area (Å²) in [4.78, 5) is 18.5. The topological polar surface area (TPSA) is 96.6 Å². The van der Waals surface area contributed by atoms with Gasteiger partial charge in [0, 0.05) is 37.5 Å². The third kappa shape index (κ3) is 4.68. The van der Waals surface area contributed by atoms with Crippen LogP contribution in [-0.2, 0) is 21.2 Å². The van der Waals surface area contributed by atoms with Crippen molar-refractivity contribution in [3.8, 4) is 11.4 Å². The molecule has 10 heteroatoms. The maximum Gasteiger partial charge on any atom is 0.237 e. The SMILES string of the molecule is CN(CC(=O)N1CCC[C@@H](Cc2nc(-c3ccsc3)no2)C1)S(C)(=O)=O. The molecule has 0 N–H and O–H groups in total. The van der Waals surface area contributed by atoms with Gasteiger partial charge in [0.05, 0.1) is 12.8 Å². The molecular formula is C16H22N4O4S2. The number of carbonyl (C=O) groups is 1. The summed E-state index contributed by atoms with van der Waals surface area (Å²) in [6, 6.07) is 1.94. The first-order valence-electron chi connectivity index (χ1n) is 8.37. The highest BCUT2D eigenvalue weighted by Crippen LogP contribution is 2.23. The molecule has 142 valence electrons. The second-order valence-electron chi connectivity index (χ2n) is 6.59. The number of thiophene rings is 1. The Morgan fingerprint density at radius 3 is 3.00 bits per heavy atom. The van der Waals surface area contributed by atoms with Gasteiger partial charge >= 0.3 is 0 Å². The van der Waals surface area contributed by atoms with Gasteiger partial charge in [-0.2, -0.15) is 20.6 Å². The first kappa shape index (κ1) is 19.0. The molecule has 0 bridgehead atoms. The first-order valence-corrected chi connectivity index (χ1v) is 11.2. The van der Waals surface area contributed by atoms with Crippen LogP contribution in [0.4, 0.5) is 0 Å². The molecule has 0 aromatic carbocycles. The predicted octanol–water partition coefficient (Wildman–Crippen LogP) is 1.47. The minimum absolute atomic E-state index is 0.131. The highest BCUT2D eigenvalue weighted by atomic mass is 32.2. The molecule has 1 aliphatic rings. The molecule has 1 aliphatic heterocycles. The van der Waals surface area contributed by atoms with E-state index in [1.807, 2.05) is 16.8 Å². The van der Waals surface area contributed by atoms with Gasteiger partial charge in [-0.15, -0.1) is 0 Å². The number of hydrogen-bond donors (Lipinski definition) is 0. The van der Waals surface area contributed by atoms with E-state index in [4.69, 9.17) is 4.52 Å². The van der Waals surface area contributed by atoms with Gasteiger partial charge in [-0.05, 0) is 30.2 Å². The summed E-state index contributed by atoms with van der Waals surface area (Å²) in [5.41, 5.74) is 0.939. The number of aromatic nitrogens is 2. The molecular weight excluding hydrogens is 376 g/mol. The van der Waals surface area contributed by atoms with Gasteiger partial charge < -0.3 is 9.42 Å². The number of likely N-dealkylation sites (tertiary alicyclic amines) is 1. The van der Waals surface area contributed by atoms with Crippen LogP contribution in [0.5, 0.6) is 0 Å². The molecule has 8 nitrogen and oxygen atoms in total. The molecule has 1 amide bonds. The van der Waals surface area contributed by atoms with Crippen LogP contribution in [0, 0.1) is 5.92 Å². The first-order chi connectivity index (χ1) is 12.3. The van der Waals surface area contributed by atoms with E-state index in [0.29, 0.717) is 31.2 Å². The van der Waals surface area contributed by atoms with Gasteiger partial charge in [0.15, 0.2) is 0 Å². The molecule has 0 unspecified atom stereocenters. The number of likely N-dealkylation sites (N-methyl/N-ethyl adjacent to an activating group) is 1. The van der Waals surface area contributed by atoms with E-state index in [-0.39, 0.29) is 18.4 Å². The Balaban J connectivity index is 1.58. The number of sulfonamides is 1. The molecule has 0 spiro atoms. The van der Waals surface area contributed by atoms with Gasteiger partial charge in [-0.3, -0.25) is 4.79 Å². The lowest BCUT2D eigenvalue weighted by Crippen LogP contribution is -2.45. The summed E-state index contributed by atoms with van der Waals surface area (Å²) in [5.74, 6) is 1.21. The van der Waals surface area contributed by atoms with E-state index in [1.54, 1.807) is 16.2 Å². The standard InChI is InChI=1S/C16H22N4O4S2/c1-19(26(2,22)23)10-15(21)20-6-3-4-12(9-20)8-14-17-16(18-24-14)13-5-7-25-11-13/h5,7,11-12H,3-4,6,8-10H2,1-2H3/t12-/m0/s1. The fourth-order valence-corrected chi connectivity index (χ4v) is 3.94. The third-order valence-electron chi connectivity index (χ3n) is 4.51. The van der Waals surface area contributed by atoms with E-state index in [0.717, 1.165) is 29.0 Å². The number of nitrogens with zero attached hydrogens (tertiary/aromatic N) is 4. The lowest BCUT2D eigenvalue weighted by Gasteiger charge is -2.33. The van der Waals surface area contributed by atoms with Crippen molar-refractivity contribution in [2.45, 2.75) is 19.3 Å². The average Bonchev–Trinajstić information content (AvgIpc) is 3.25. The van der Waals surface area contributed by atoms with Crippen LogP contribution in [0.1, 0.15) is 18.7 Å². The lowest BCUT2D eigenvalue weighted by atomic mass is 9.94. The zero-order valence-corrected chi connectivity index (χ0v) is 16.4. The van der Waals surface area contributed by atoms with Crippen molar-refractivity contribution in [3.05, 3.63) is 22.7 Å². The fourth-order valence-electron chi connectivity index (χ4n) is 2.96. The van der Waals surface area contributed by atoms with Crippen molar-refractivity contribution in [1.29, 1.82) is 0 Å². The van der Waals surface area contributed by atoms with E-state index in [1.165, 1.54) is 7.05 Å². The summed E-state index contributed by atoms with van der Waals surface area (Å²) in [6.07, 6.45) is 3.56.